The van der Waals surface area contributed by atoms with Crippen LogP contribution in [-0.2, 0) is 57.5 Å². The zero-order valence-corrected chi connectivity index (χ0v) is 42.8. The van der Waals surface area contributed by atoms with Crippen molar-refractivity contribution < 1.29 is 197 Å². The maximum absolute atomic E-state index is 12.4. The van der Waals surface area contributed by atoms with Crippen molar-refractivity contribution in [2.45, 2.75) is 19.6 Å². The van der Waals surface area contributed by atoms with Gasteiger partial charge in [-0.25, -0.2) is 0 Å². The molecule has 0 saturated carbocycles. The molecule has 1 aromatic heterocycles. The smallest absolute Gasteiger partial charge is 0.505 e. The number of azo groups is 1. The van der Waals surface area contributed by atoms with Crippen molar-refractivity contribution in [3.05, 3.63) is 64.9 Å². The van der Waals surface area contributed by atoms with Crippen LogP contribution >= 0.6 is 23.2 Å². The molecule has 0 aliphatic heterocycles. The van der Waals surface area contributed by atoms with Crippen LogP contribution in [0.3, 0.4) is 0 Å². The summed E-state index contributed by atoms with van der Waals surface area (Å²) in [4.78, 5) is 8.21. The fraction of sp³-hybridized carbons (Fsp3) is 0. The Bertz CT molecular complexity index is 2830. The van der Waals surface area contributed by atoms with E-state index in [0.717, 1.165) is 18.2 Å². The normalized spacial score (nSPS) is 11.6. The third kappa shape index (κ3) is 14.1. The monoisotopic (exact) mass is 992 g/mol. The molecule has 0 atom stereocenters. The van der Waals surface area contributed by atoms with Gasteiger partial charge in [-0.3, -0.25) is 18.2 Å². The predicted molar refractivity (Wildman–Crippen MR) is 180 cm³/mol. The Labute approximate surface area is 431 Å². The van der Waals surface area contributed by atoms with E-state index in [9.17, 15) is 62.1 Å². The molecule has 5 rings (SSSR count). The molecule has 21 nitrogen and oxygen atoms in total. The number of halogens is 2. The second-order valence-electron chi connectivity index (χ2n) is 10.0. The number of nitrogens with zero attached hydrogens (tertiary/aromatic N) is 5. The number of hydrogen-bond donors (Lipinski definition) is 8. The van der Waals surface area contributed by atoms with Crippen molar-refractivity contribution in [2.24, 2.45) is 10.2 Å². The van der Waals surface area contributed by atoms with E-state index < -0.39 is 116 Å². The van der Waals surface area contributed by atoms with E-state index in [1.54, 1.807) is 0 Å². The van der Waals surface area contributed by atoms with E-state index in [1.165, 1.54) is 12.1 Å². The first-order valence-electron chi connectivity index (χ1n) is 13.2. The second kappa shape index (κ2) is 21.7. The number of phenolic OH excluding ortho intramolecular Hbond substituents is 2. The topological polar surface area (TPSA) is 345 Å². The van der Waals surface area contributed by atoms with Gasteiger partial charge in [0.25, 0.3) is 40.5 Å². The van der Waals surface area contributed by atoms with Crippen LogP contribution in [0, 0.1) is 0 Å². The van der Waals surface area contributed by atoms with Gasteiger partial charge in [0.05, 0.1) is 25.4 Å². The minimum atomic E-state index is -5.36. The molecule has 8 N–H and O–H groups in total. The first-order chi connectivity index (χ1) is 23.9. The third-order valence-electron chi connectivity index (χ3n) is 6.51. The first kappa shape index (κ1) is 56.7. The first-order valence-corrected chi connectivity index (χ1v) is 19.7. The molecule has 32 heteroatoms. The fourth-order valence-corrected chi connectivity index (χ4v) is 7.03. The zero-order chi connectivity index (χ0) is 38.6. The molecule has 0 spiro atoms. The molecule has 0 aliphatic carbocycles. The van der Waals surface area contributed by atoms with Gasteiger partial charge in [0.2, 0.25) is 17.2 Å². The van der Waals surface area contributed by atoms with Gasteiger partial charge in [-0.1, -0.05) is 17.7 Å². The molecule has 0 fully saturated rings. The Morgan fingerprint density at radius 2 is 1.14 bits per heavy atom. The van der Waals surface area contributed by atoms with E-state index in [0.29, 0.717) is 24.3 Å². The molecule has 1 heterocycles. The number of anilines is 4. The molecular formula is C25H17Cl2CuN7Na4O14S4+4. The van der Waals surface area contributed by atoms with Crippen LogP contribution in [-0.4, -0.2) is 77.0 Å². The van der Waals surface area contributed by atoms with Gasteiger partial charge in [0, 0.05) is 28.1 Å². The number of benzene rings is 4. The van der Waals surface area contributed by atoms with E-state index in [1.807, 2.05) is 0 Å². The molecule has 0 aliphatic rings. The van der Waals surface area contributed by atoms with E-state index in [-0.39, 0.29) is 147 Å². The number of hydrogen-bond acceptors (Lipinski definition) is 17. The molecule has 5 aromatic rings. The van der Waals surface area contributed by atoms with Crippen molar-refractivity contribution in [3.8, 4) is 11.5 Å². The summed E-state index contributed by atoms with van der Waals surface area (Å²) in [5, 5.41) is 31.7. The molecule has 0 unspecified atom stereocenters. The molecule has 0 amide bonds. The average Bonchev–Trinajstić information content (AvgIpc) is 3.00. The van der Waals surface area contributed by atoms with Crippen LogP contribution in [0.4, 0.5) is 34.6 Å². The number of nitrogens with one attached hydrogen (secondary N) is 2. The molecule has 0 bridgehead atoms. The van der Waals surface area contributed by atoms with Crippen LogP contribution in [0.25, 0.3) is 10.8 Å². The SMILES string of the molecule is O=S(=O)(O)c1cccc(Nc2nc(Cl)nc(Nc3cc(S(=O)(=O)O)cc4cc(S(=O)(=O)O)c(N=Nc5cc(S(=O)(=O)O)cc(Cl)c5O)c(O)c34)n2)c1.[Cu].[Na+].[Na+].[Na+].[Na+]. The van der Waals surface area contributed by atoms with Gasteiger partial charge in [0.15, 0.2) is 11.5 Å². The maximum Gasteiger partial charge on any atom is 1.00 e. The summed E-state index contributed by atoms with van der Waals surface area (Å²) in [6.45, 7) is 0. The number of phenols is 2. The Morgan fingerprint density at radius 1 is 0.596 bits per heavy atom. The van der Waals surface area contributed by atoms with Crippen LogP contribution in [0.1, 0.15) is 0 Å². The summed E-state index contributed by atoms with van der Waals surface area (Å²) in [5.74, 6) is -2.93. The summed E-state index contributed by atoms with van der Waals surface area (Å²) in [5.41, 5.74) is -2.31. The Hall–Kier alpha value is -0.311. The largest absolute Gasteiger partial charge is 1.00 e. The Balaban J connectivity index is 0.00000627. The summed E-state index contributed by atoms with van der Waals surface area (Å²) >= 11 is 11.8. The molecule has 4 aromatic carbocycles. The number of aromatic hydroxyl groups is 2. The second-order valence-corrected chi connectivity index (χ2v) is 16.4. The van der Waals surface area contributed by atoms with Crippen LogP contribution in [0.15, 0.2) is 84.4 Å². The zero-order valence-electron chi connectivity index (χ0n) is 29.1. The van der Waals surface area contributed by atoms with Gasteiger partial charge in [-0.15, -0.1) is 10.2 Å². The van der Waals surface area contributed by atoms with Crippen LogP contribution in [0.2, 0.25) is 10.3 Å². The minimum absolute atomic E-state index is 0. The van der Waals surface area contributed by atoms with Crippen molar-refractivity contribution in [2.75, 3.05) is 10.6 Å². The molecular weight excluding hydrogens is 977 g/mol. The molecule has 1 radical (unpaired) electrons. The van der Waals surface area contributed by atoms with Crippen LogP contribution in [0.5, 0.6) is 11.5 Å². The van der Waals surface area contributed by atoms with Crippen molar-refractivity contribution >= 4 is 109 Å². The summed E-state index contributed by atoms with van der Waals surface area (Å²) in [7, 11) is -20.0. The van der Waals surface area contributed by atoms with E-state index in [4.69, 9.17) is 23.2 Å². The van der Waals surface area contributed by atoms with Gasteiger partial charge in [-0.05, 0) is 65.5 Å². The van der Waals surface area contributed by atoms with E-state index >= 15 is 0 Å². The summed E-state index contributed by atoms with van der Waals surface area (Å²) in [6.07, 6.45) is 0. The number of aromatic nitrogens is 3. The Morgan fingerprint density at radius 3 is 1.68 bits per heavy atom. The fourth-order valence-electron chi connectivity index (χ4n) is 4.34. The molecule has 57 heavy (non-hydrogen) atoms. The Kier molecular flexibility index (Phi) is 21.5. The van der Waals surface area contributed by atoms with Crippen molar-refractivity contribution in [1.82, 2.24) is 15.0 Å². The minimum Gasteiger partial charge on any atom is -0.505 e. The third-order valence-corrected chi connectivity index (χ3v) is 10.4. The number of fused-ring (bicyclic) bond motifs is 1. The molecule has 0 saturated heterocycles. The summed E-state index contributed by atoms with van der Waals surface area (Å²) in [6, 6.07) is 7.98. The standard InChI is InChI=1S/C25H17Cl2N7O14S4.Cu.4Na/c26-15-7-14(51(43,44)45)9-17(21(15)35)33-34-20-18(52(46,47)48)5-10-4-13(50(40,41)42)8-16(19(10)22(20)36)29-25-31-23(27)30-24(32-25)28-11-2-1-3-12(6-11)49(37,38)39;;;;;/h1-9,35-36H,(H,37,38,39)(H,40,41,42)(H,43,44,45)(H,46,47,48)(H2,28,29,30,31,32);;;;;/q;;4*+1. The van der Waals surface area contributed by atoms with Crippen molar-refractivity contribution in [1.29, 1.82) is 0 Å². The van der Waals surface area contributed by atoms with Crippen molar-refractivity contribution in [3.63, 3.8) is 0 Å². The van der Waals surface area contributed by atoms with Gasteiger partial charge < -0.3 is 20.8 Å². The predicted octanol–water partition coefficient (Wildman–Crippen LogP) is -7.35. The maximum atomic E-state index is 12.4. The van der Waals surface area contributed by atoms with Gasteiger partial charge in [0.1, 0.15) is 16.3 Å². The van der Waals surface area contributed by atoms with Crippen LogP contribution < -0.4 is 129 Å². The van der Waals surface area contributed by atoms with Gasteiger partial charge >= 0.3 is 118 Å². The quantitative estimate of drug-likeness (QED) is 0.0366. The summed E-state index contributed by atoms with van der Waals surface area (Å²) < 4.78 is 134. The van der Waals surface area contributed by atoms with Gasteiger partial charge in [-0.2, -0.15) is 48.6 Å². The van der Waals surface area contributed by atoms with E-state index in [2.05, 4.69) is 35.8 Å². The number of rotatable bonds is 10. The average molecular weight is 994 g/mol. The molecule has 285 valence electrons.